The van der Waals surface area contributed by atoms with Gasteiger partial charge in [0.25, 0.3) is 5.91 Å². The molecule has 3 heterocycles. The molecule has 5 rings (SSSR count). The number of piperidine rings is 2. The topological polar surface area (TPSA) is 78.5 Å². The molecule has 30 heavy (non-hydrogen) atoms. The normalized spacial score (nSPS) is 23.2. The number of nitrogens with zero attached hydrogens (tertiary/aromatic N) is 1. The van der Waals surface area contributed by atoms with Crippen LogP contribution in [-0.4, -0.2) is 41.8 Å². The van der Waals surface area contributed by atoms with Crippen LogP contribution in [0.1, 0.15) is 73.4 Å². The number of amides is 3. The van der Waals surface area contributed by atoms with Crippen LogP contribution in [0.3, 0.4) is 0 Å². The Morgan fingerprint density at radius 1 is 1.10 bits per heavy atom. The fourth-order valence-electron chi connectivity index (χ4n) is 4.34. The van der Waals surface area contributed by atoms with Crippen molar-refractivity contribution in [3.63, 3.8) is 0 Å². The van der Waals surface area contributed by atoms with Crippen LogP contribution in [0.5, 0.6) is 0 Å². The summed E-state index contributed by atoms with van der Waals surface area (Å²) in [6.45, 7) is 4.69. The summed E-state index contributed by atoms with van der Waals surface area (Å²) in [5.41, 5.74) is 2.86. The molecule has 3 fully saturated rings. The first-order valence-electron chi connectivity index (χ1n) is 10.9. The van der Waals surface area contributed by atoms with Gasteiger partial charge in [-0.2, -0.15) is 23.6 Å². The predicted octanol–water partition coefficient (Wildman–Crippen LogP) is 2.56. The number of nitrogens with one attached hydrogen (secondary N) is 2. The molecule has 6 nitrogen and oxygen atoms in total. The second-order valence-electron chi connectivity index (χ2n) is 8.48. The zero-order valence-corrected chi connectivity index (χ0v) is 20.5. The fraction of sp³-hybridized carbons (Fsp3) is 0.565. The molecular weight excluding hydrogens is 455 g/mol. The van der Waals surface area contributed by atoms with Gasteiger partial charge < -0.3 is 10.2 Å². The molecule has 2 saturated heterocycles. The van der Waals surface area contributed by atoms with Gasteiger partial charge in [-0.25, -0.2) is 0 Å². The minimum atomic E-state index is -0.544. The van der Waals surface area contributed by atoms with E-state index in [0.29, 0.717) is 18.5 Å². The fourth-order valence-corrected chi connectivity index (χ4v) is 4.34. The summed E-state index contributed by atoms with van der Waals surface area (Å²) >= 11 is 0. The van der Waals surface area contributed by atoms with E-state index in [4.69, 9.17) is 0 Å². The molecule has 159 valence electrons. The van der Waals surface area contributed by atoms with E-state index in [1.807, 2.05) is 12.1 Å². The predicted molar refractivity (Wildman–Crippen MR) is 110 cm³/mol. The molecule has 4 aliphatic rings. The quantitative estimate of drug-likeness (QED) is 0.510. The SMILES string of the molecule is CCC1CC1.O=C1CCC(N2Cc3cc([C-]4CCNCC4)ccc3C2=O)C(=O)N1.[Y]. The van der Waals surface area contributed by atoms with Crippen LogP contribution in [0.4, 0.5) is 0 Å². The van der Waals surface area contributed by atoms with E-state index in [2.05, 4.69) is 23.6 Å². The standard InChI is InChI=1S/C18H20N3O3.C5H10.Y/c22-16-4-3-15(17(23)20-16)21-10-13-9-12(1-2-14(13)18(21)24)11-5-7-19-8-6-11;1-2-5-3-4-5;/h1-2,9,15,19H,3-8,10H2,(H,20,22,23);5H,2-4H2,1H3;/q-1;;. The summed E-state index contributed by atoms with van der Waals surface area (Å²) in [6, 6.07) is 5.46. The van der Waals surface area contributed by atoms with Crippen LogP contribution in [0, 0.1) is 11.8 Å². The van der Waals surface area contributed by atoms with Crippen molar-refractivity contribution in [1.82, 2.24) is 15.5 Å². The Balaban J connectivity index is 0.000000376. The van der Waals surface area contributed by atoms with E-state index in [1.54, 1.807) is 4.90 Å². The molecule has 1 radical (unpaired) electrons. The minimum Gasteiger partial charge on any atom is -0.323 e. The first-order chi connectivity index (χ1) is 14.1. The van der Waals surface area contributed by atoms with Crippen LogP contribution < -0.4 is 10.6 Å². The third-order valence-electron chi connectivity index (χ3n) is 6.41. The number of fused-ring (bicyclic) bond motifs is 1. The van der Waals surface area contributed by atoms with Crippen molar-refractivity contribution < 1.29 is 47.1 Å². The molecule has 1 aromatic rings. The van der Waals surface area contributed by atoms with Gasteiger partial charge in [0.1, 0.15) is 6.04 Å². The second kappa shape index (κ2) is 10.4. The van der Waals surface area contributed by atoms with Crippen molar-refractivity contribution in [3.8, 4) is 0 Å². The second-order valence-corrected chi connectivity index (χ2v) is 8.48. The third-order valence-corrected chi connectivity index (χ3v) is 6.41. The Morgan fingerprint density at radius 3 is 2.43 bits per heavy atom. The first-order valence-corrected chi connectivity index (χ1v) is 10.9. The van der Waals surface area contributed by atoms with Gasteiger partial charge in [-0.05, 0) is 25.4 Å². The molecule has 3 aliphatic heterocycles. The van der Waals surface area contributed by atoms with Crippen LogP contribution in [0.25, 0.3) is 0 Å². The molecule has 1 aliphatic carbocycles. The van der Waals surface area contributed by atoms with Crippen LogP contribution >= 0.6 is 0 Å². The summed E-state index contributed by atoms with van der Waals surface area (Å²) < 4.78 is 0. The number of carbonyl (C=O) groups is 3. The smallest absolute Gasteiger partial charge is 0.253 e. The maximum Gasteiger partial charge on any atom is 0.253 e. The molecule has 0 spiro atoms. The zero-order chi connectivity index (χ0) is 20.4. The average Bonchev–Trinajstić information content (AvgIpc) is 3.53. The van der Waals surface area contributed by atoms with Gasteiger partial charge in [-0.1, -0.05) is 44.6 Å². The Morgan fingerprint density at radius 2 is 1.83 bits per heavy atom. The van der Waals surface area contributed by atoms with Gasteiger partial charge in [0, 0.05) is 51.2 Å². The Hall–Kier alpha value is -1.24. The molecule has 0 bridgehead atoms. The number of benzene rings is 1. The molecule has 1 unspecified atom stereocenters. The molecule has 0 aromatic heterocycles. The van der Waals surface area contributed by atoms with Crippen molar-refractivity contribution in [3.05, 3.63) is 40.8 Å². The molecule has 1 saturated carbocycles. The van der Waals surface area contributed by atoms with Gasteiger partial charge in [-0.15, -0.1) is 6.07 Å². The van der Waals surface area contributed by atoms with Gasteiger partial charge in [-0.3, -0.25) is 19.7 Å². The van der Waals surface area contributed by atoms with Crippen molar-refractivity contribution in [2.24, 2.45) is 5.92 Å². The van der Waals surface area contributed by atoms with E-state index in [1.165, 1.54) is 30.7 Å². The van der Waals surface area contributed by atoms with Crippen molar-refractivity contribution in [1.29, 1.82) is 0 Å². The van der Waals surface area contributed by atoms with E-state index in [-0.39, 0.29) is 56.9 Å². The summed E-state index contributed by atoms with van der Waals surface area (Å²) in [6.07, 6.45) is 7.19. The molecular formula is C23H30N3O3Y-. The zero-order valence-electron chi connectivity index (χ0n) is 17.7. The maximum atomic E-state index is 12.7. The molecule has 7 heteroatoms. The van der Waals surface area contributed by atoms with Crippen LogP contribution in [-0.2, 0) is 48.8 Å². The Kier molecular flexibility index (Phi) is 8.11. The van der Waals surface area contributed by atoms with Gasteiger partial charge in [0.05, 0.1) is 0 Å². The van der Waals surface area contributed by atoms with Crippen molar-refractivity contribution in [2.45, 2.75) is 64.5 Å². The van der Waals surface area contributed by atoms with Crippen LogP contribution in [0.15, 0.2) is 18.2 Å². The Labute approximate surface area is 203 Å². The summed E-state index contributed by atoms with van der Waals surface area (Å²) in [5, 5.41) is 5.68. The van der Waals surface area contributed by atoms with Crippen LogP contribution in [0.2, 0.25) is 0 Å². The van der Waals surface area contributed by atoms with Crippen molar-refractivity contribution in [2.75, 3.05) is 13.1 Å². The molecule has 1 atom stereocenters. The Bertz CT molecular complexity index is 803. The van der Waals surface area contributed by atoms with E-state index >= 15 is 0 Å². The molecule has 1 aromatic carbocycles. The number of hydrogen-bond acceptors (Lipinski definition) is 4. The maximum absolute atomic E-state index is 12.7. The average molecular weight is 485 g/mol. The van der Waals surface area contributed by atoms with E-state index in [9.17, 15) is 14.4 Å². The summed E-state index contributed by atoms with van der Waals surface area (Å²) in [5.74, 6) is 1.82. The molecule has 3 amide bonds. The van der Waals surface area contributed by atoms with E-state index < -0.39 is 6.04 Å². The monoisotopic (exact) mass is 485 g/mol. The number of rotatable bonds is 3. The molecule has 2 N–H and O–H groups in total. The van der Waals surface area contributed by atoms with E-state index in [0.717, 1.165) is 37.4 Å². The van der Waals surface area contributed by atoms with Gasteiger partial charge in [0.15, 0.2) is 0 Å². The van der Waals surface area contributed by atoms with Gasteiger partial charge in [0.2, 0.25) is 11.8 Å². The third kappa shape index (κ3) is 5.32. The van der Waals surface area contributed by atoms with Gasteiger partial charge >= 0.3 is 0 Å². The summed E-state index contributed by atoms with van der Waals surface area (Å²) in [7, 11) is 0. The largest absolute Gasteiger partial charge is 0.323 e. The number of carbonyl (C=O) groups excluding carboxylic acids is 3. The first kappa shape index (κ1) is 23.4. The minimum absolute atomic E-state index is 0. The summed E-state index contributed by atoms with van der Waals surface area (Å²) in [4.78, 5) is 37.6. The number of hydrogen-bond donors (Lipinski definition) is 2. The number of imide groups is 1. The van der Waals surface area contributed by atoms with Crippen molar-refractivity contribution >= 4 is 17.7 Å².